The Labute approximate surface area is 148 Å². The second-order valence-corrected chi connectivity index (χ2v) is 6.10. The van der Waals surface area contributed by atoms with E-state index in [0.29, 0.717) is 25.3 Å². The molecule has 132 valence electrons. The van der Waals surface area contributed by atoms with Crippen molar-refractivity contribution < 1.29 is 19.0 Å². The number of carbonyl (C=O) groups is 1. The van der Waals surface area contributed by atoms with Crippen molar-refractivity contribution in [3.63, 3.8) is 0 Å². The molecule has 2 aromatic carbocycles. The highest BCUT2D eigenvalue weighted by Crippen LogP contribution is 2.35. The minimum Gasteiger partial charge on any atom is -0.497 e. The molecule has 0 aromatic heterocycles. The third-order valence-electron chi connectivity index (χ3n) is 4.53. The fourth-order valence-electron chi connectivity index (χ4n) is 3.18. The van der Waals surface area contributed by atoms with Crippen molar-refractivity contribution in [2.45, 2.75) is 18.9 Å². The van der Waals surface area contributed by atoms with Gasteiger partial charge in [-0.2, -0.15) is 0 Å². The average Bonchev–Trinajstić information content (AvgIpc) is 2.67. The van der Waals surface area contributed by atoms with Crippen LogP contribution < -0.4 is 14.2 Å². The van der Waals surface area contributed by atoms with Crippen LogP contribution >= 0.6 is 0 Å². The molecular formula is C20H23NO4. The highest BCUT2D eigenvalue weighted by Gasteiger charge is 2.29. The van der Waals surface area contributed by atoms with E-state index in [1.54, 1.807) is 19.1 Å². The van der Waals surface area contributed by atoms with E-state index >= 15 is 0 Å². The predicted octanol–water partition coefficient (Wildman–Crippen LogP) is 3.23. The van der Waals surface area contributed by atoms with Gasteiger partial charge < -0.3 is 19.1 Å². The van der Waals surface area contributed by atoms with E-state index in [2.05, 4.69) is 0 Å². The van der Waals surface area contributed by atoms with Crippen LogP contribution in [0.4, 0.5) is 0 Å². The third-order valence-corrected chi connectivity index (χ3v) is 4.53. The van der Waals surface area contributed by atoms with E-state index in [0.717, 1.165) is 22.6 Å². The molecule has 3 rings (SSSR count). The molecular weight excluding hydrogens is 318 g/mol. The second kappa shape index (κ2) is 7.47. The summed E-state index contributed by atoms with van der Waals surface area (Å²) in [7, 11) is 5.06. The van der Waals surface area contributed by atoms with Crippen molar-refractivity contribution >= 4 is 5.91 Å². The van der Waals surface area contributed by atoms with Crippen molar-refractivity contribution in [3.8, 4) is 17.2 Å². The number of rotatable bonds is 5. The molecule has 25 heavy (non-hydrogen) atoms. The first-order valence-electron chi connectivity index (χ1n) is 8.31. The summed E-state index contributed by atoms with van der Waals surface area (Å²) in [6.07, 6.45) is 0.694. The lowest BCUT2D eigenvalue weighted by Gasteiger charge is -2.29. The maximum absolute atomic E-state index is 13.0. The molecule has 2 aromatic rings. The Morgan fingerprint density at radius 1 is 1.20 bits per heavy atom. The number of benzene rings is 2. The summed E-state index contributed by atoms with van der Waals surface area (Å²) in [6, 6.07) is 13.4. The van der Waals surface area contributed by atoms with E-state index in [1.807, 2.05) is 49.5 Å². The van der Waals surface area contributed by atoms with Crippen LogP contribution in [-0.2, 0) is 11.3 Å². The highest BCUT2D eigenvalue weighted by molar-refractivity contribution is 5.84. The van der Waals surface area contributed by atoms with Gasteiger partial charge >= 0.3 is 0 Å². The maximum atomic E-state index is 13.0. The van der Waals surface area contributed by atoms with Crippen LogP contribution in [0.1, 0.15) is 23.5 Å². The highest BCUT2D eigenvalue weighted by atomic mass is 16.5. The summed E-state index contributed by atoms with van der Waals surface area (Å²) < 4.78 is 16.3. The Bertz CT molecular complexity index is 759. The number of nitrogens with zero attached hydrogens (tertiary/aromatic N) is 1. The van der Waals surface area contributed by atoms with Gasteiger partial charge in [0, 0.05) is 30.8 Å². The van der Waals surface area contributed by atoms with Crippen molar-refractivity contribution in [1.29, 1.82) is 0 Å². The minimum absolute atomic E-state index is 0.0913. The minimum atomic E-state index is -0.167. The topological polar surface area (TPSA) is 48.0 Å². The molecule has 0 N–H and O–H groups in total. The molecule has 1 aliphatic rings. The lowest BCUT2D eigenvalue weighted by molar-refractivity contribution is -0.132. The largest absolute Gasteiger partial charge is 0.497 e. The summed E-state index contributed by atoms with van der Waals surface area (Å²) in [5, 5.41) is 0. The van der Waals surface area contributed by atoms with E-state index in [4.69, 9.17) is 14.2 Å². The zero-order valence-corrected chi connectivity index (χ0v) is 14.8. The number of carbonyl (C=O) groups excluding carboxylic acids is 1. The van der Waals surface area contributed by atoms with Crippen molar-refractivity contribution in [2.24, 2.45) is 0 Å². The molecule has 1 aliphatic heterocycles. The number of para-hydroxylation sites is 1. The Kier molecular flexibility index (Phi) is 5.12. The van der Waals surface area contributed by atoms with E-state index < -0.39 is 0 Å². The zero-order chi connectivity index (χ0) is 17.8. The SMILES string of the molecule is COc1ccc(CN(C)C(=O)[C@H]2CCOc3ccccc32)c(OC)c1. The number of hydrogen-bond acceptors (Lipinski definition) is 4. The lowest BCUT2D eigenvalue weighted by Crippen LogP contribution is -2.34. The van der Waals surface area contributed by atoms with Gasteiger partial charge in [0.05, 0.1) is 26.7 Å². The molecule has 0 aliphatic carbocycles. The molecule has 0 spiro atoms. The average molecular weight is 341 g/mol. The Hall–Kier alpha value is -2.69. The number of hydrogen-bond donors (Lipinski definition) is 0. The van der Waals surface area contributed by atoms with Gasteiger partial charge in [-0.15, -0.1) is 0 Å². The number of likely N-dealkylation sites (N-methyl/N-ethyl adjacent to an activating group) is 1. The van der Waals surface area contributed by atoms with Gasteiger partial charge in [0.1, 0.15) is 17.2 Å². The third kappa shape index (κ3) is 3.55. The summed E-state index contributed by atoms with van der Waals surface area (Å²) in [6.45, 7) is 1.04. The number of ether oxygens (including phenoxy) is 3. The first kappa shape index (κ1) is 17.1. The van der Waals surface area contributed by atoms with Crippen LogP contribution in [0, 0.1) is 0 Å². The quantitative estimate of drug-likeness (QED) is 0.838. The monoisotopic (exact) mass is 341 g/mol. The molecule has 0 saturated heterocycles. The lowest BCUT2D eigenvalue weighted by atomic mass is 9.92. The molecule has 1 atom stereocenters. The van der Waals surface area contributed by atoms with Gasteiger partial charge in [-0.1, -0.05) is 18.2 Å². The normalized spacial score (nSPS) is 15.7. The fourth-order valence-corrected chi connectivity index (χ4v) is 3.18. The summed E-state index contributed by atoms with van der Waals surface area (Å²) in [5.41, 5.74) is 1.91. The van der Waals surface area contributed by atoms with Crippen LogP contribution in [0.2, 0.25) is 0 Å². The van der Waals surface area contributed by atoms with Crippen LogP contribution in [0.3, 0.4) is 0 Å². The van der Waals surface area contributed by atoms with Crippen LogP contribution in [0.5, 0.6) is 17.2 Å². The van der Waals surface area contributed by atoms with Gasteiger partial charge in [-0.25, -0.2) is 0 Å². The van der Waals surface area contributed by atoms with Crippen LogP contribution in [-0.4, -0.2) is 38.7 Å². The molecule has 5 nitrogen and oxygen atoms in total. The van der Waals surface area contributed by atoms with Crippen molar-refractivity contribution in [3.05, 3.63) is 53.6 Å². The molecule has 0 bridgehead atoms. The molecule has 0 fully saturated rings. The standard InChI is InChI=1S/C20H23NO4/c1-21(13-14-8-9-15(23-2)12-19(14)24-3)20(22)17-10-11-25-18-7-5-4-6-16(17)18/h4-9,12,17H,10-11,13H2,1-3H3/t17-/m0/s1. The number of fused-ring (bicyclic) bond motifs is 1. The van der Waals surface area contributed by atoms with Crippen molar-refractivity contribution in [1.82, 2.24) is 4.90 Å². The Morgan fingerprint density at radius 3 is 2.76 bits per heavy atom. The Balaban J connectivity index is 1.78. The van der Waals surface area contributed by atoms with Crippen LogP contribution in [0.25, 0.3) is 0 Å². The van der Waals surface area contributed by atoms with Gasteiger partial charge in [0.25, 0.3) is 0 Å². The molecule has 1 heterocycles. The smallest absolute Gasteiger partial charge is 0.230 e. The zero-order valence-electron chi connectivity index (χ0n) is 14.8. The van der Waals surface area contributed by atoms with Gasteiger partial charge in [0.15, 0.2) is 0 Å². The molecule has 1 amide bonds. The van der Waals surface area contributed by atoms with E-state index in [-0.39, 0.29) is 11.8 Å². The van der Waals surface area contributed by atoms with E-state index in [1.165, 1.54) is 0 Å². The van der Waals surface area contributed by atoms with Gasteiger partial charge in [-0.3, -0.25) is 4.79 Å². The Morgan fingerprint density at radius 2 is 2.00 bits per heavy atom. The predicted molar refractivity (Wildman–Crippen MR) is 95.3 cm³/mol. The number of methoxy groups -OCH3 is 2. The fraction of sp³-hybridized carbons (Fsp3) is 0.350. The summed E-state index contributed by atoms with van der Waals surface area (Å²) in [4.78, 5) is 14.7. The summed E-state index contributed by atoms with van der Waals surface area (Å²) in [5.74, 6) is 2.18. The summed E-state index contributed by atoms with van der Waals surface area (Å²) >= 11 is 0. The van der Waals surface area contributed by atoms with Gasteiger partial charge in [-0.05, 0) is 24.6 Å². The molecule has 0 saturated carbocycles. The molecule has 0 radical (unpaired) electrons. The number of amides is 1. The van der Waals surface area contributed by atoms with Crippen molar-refractivity contribution in [2.75, 3.05) is 27.9 Å². The molecule has 0 unspecified atom stereocenters. The second-order valence-electron chi connectivity index (χ2n) is 6.10. The van der Waals surface area contributed by atoms with E-state index in [9.17, 15) is 4.79 Å². The van der Waals surface area contributed by atoms with Gasteiger partial charge in [0.2, 0.25) is 5.91 Å². The maximum Gasteiger partial charge on any atom is 0.230 e. The molecule has 5 heteroatoms. The first-order valence-corrected chi connectivity index (χ1v) is 8.31. The van der Waals surface area contributed by atoms with Crippen LogP contribution in [0.15, 0.2) is 42.5 Å². The first-order chi connectivity index (χ1) is 12.1.